The fourth-order valence-corrected chi connectivity index (χ4v) is 3.23. The summed E-state index contributed by atoms with van der Waals surface area (Å²) in [6.45, 7) is 1.96. The lowest BCUT2D eigenvalue weighted by molar-refractivity contribution is -0.149. The zero-order valence-electron chi connectivity index (χ0n) is 8.32. The van der Waals surface area contributed by atoms with Crippen LogP contribution in [-0.4, -0.2) is 39.0 Å². The zero-order chi connectivity index (χ0) is 11.0. The topological polar surface area (TPSA) is 86.5 Å². The van der Waals surface area contributed by atoms with Gasteiger partial charge in [0.15, 0.2) is 9.84 Å². The molecule has 0 unspecified atom stereocenters. The molecule has 1 saturated carbocycles. The van der Waals surface area contributed by atoms with Crippen molar-refractivity contribution in [2.24, 2.45) is 11.1 Å². The second kappa shape index (κ2) is 3.51. The fourth-order valence-electron chi connectivity index (χ4n) is 1.62. The van der Waals surface area contributed by atoms with E-state index in [9.17, 15) is 13.2 Å². The molecule has 14 heavy (non-hydrogen) atoms. The lowest BCUT2D eigenvalue weighted by atomic mass is 10.1. The van der Waals surface area contributed by atoms with E-state index in [1.165, 1.54) is 0 Å². The maximum absolute atomic E-state index is 11.4. The van der Waals surface area contributed by atoms with Crippen LogP contribution < -0.4 is 5.73 Å². The molecule has 0 aromatic heterocycles. The Labute approximate surface area is 83.5 Å². The molecule has 0 saturated heterocycles. The van der Waals surface area contributed by atoms with Gasteiger partial charge in [0.05, 0.1) is 17.3 Å². The van der Waals surface area contributed by atoms with E-state index in [0.29, 0.717) is 6.42 Å². The molecule has 0 amide bonds. The first-order valence-electron chi connectivity index (χ1n) is 4.44. The van der Waals surface area contributed by atoms with Crippen LogP contribution in [0.1, 0.15) is 13.3 Å². The smallest absolute Gasteiger partial charge is 0.314 e. The second-order valence-electron chi connectivity index (χ2n) is 3.60. The van der Waals surface area contributed by atoms with Crippen LogP contribution in [0.3, 0.4) is 0 Å². The minimum atomic E-state index is -3.19. The van der Waals surface area contributed by atoms with Crippen LogP contribution in [0.2, 0.25) is 0 Å². The van der Waals surface area contributed by atoms with Gasteiger partial charge < -0.3 is 10.5 Å². The van der Waals surface area contributed by atoms with Gasteiger partial charge in [-0.3, -0.25) is 4.79 Å². The van der Waals surface area contributed by atoms with Crippen LogP contribution in [0, 0.1) is 5.41 Å². The van der Waals surface area contributed by atoms with Crippen molar-refractivity contribution < 1.29 is 17.9 Å². The molecule has 0 radical (unpaired) electrons. The van der Waals surface area contributed by atoms with Gasteiger partial charge in [0.1, 0.15) is 0 Å². The lowest BCUT2D eigenvalue weighted by Crippen LogP contribution is -2.32. The highest BCUT2D eigenvalue weighted by Crippen LogP contribution is 2.50. The van der Waals surface area contributed by atoms with E-state index in [0.717, 1.165) is 6.26 Å². The standard InChI is InChI=1S/C8H15NO4S/c1-3-13-7(10)8(5-9)4-6(8)14(2,11)12/h6H,3-5,9H2,1-2H3/t6-,8+/m1/s1. The number of ether oxygens (including phenoxy) is 1. The van der Waals surface area contributed by atoms with E-state index in [2.05, 4.69) is 0 Å². The van der Waals surface area contributed by atoms with Gasteiger partial charge in [-0.2, -0.15) is 0 Å². The number of sulfone groups is 1. The summed E-state index contributed by atoms with van der Waals surface area (Å²) in [7, 11) is -3.19. The van der Waals surface area contributed by atoms with Gasteiger partial charge in [0.25, 0.3) is 0 Å². The van der Waals surface area contributed by atoms with E-state index in [-0.39, 0.29) is 13.2 Å². The molecular formula is C8H15NO4S. The summed E-state index contributed by atoms with van der Waals surface area (Å²) >= 11 is 0. The number of carbonyl (C=O) groups excluding carboxylic acids is 1. The summed E-state index contributed by atoms with van der Waals surface area (Å²) in [4.78, 5) is 11.4. The molecule has 2 N–H and O–H groups in total. The molecule has 1 aliphatic rings. The molecule has 0 aromatic carbocycles. The van der Waals surface area contributed by atoms with Crippen LogP contribution in [0.4, 0.5) is 0 Å². The minimum absolute atomic E-state index is 0.0313. The summed E-state index contributed by atoms with van der Waals surface area (Å²) in [5, 5.41) is -0.654. The zero-order valence-corrected chi connectivity index (χ0v) is 9.13. The maximum Gasteiger partial charge on any atom is 0.314 e. The molecule has 6 heteroatoms. The summed E-state index contributed by atoms with van der Waals surface area (Å²) in [6, 6.07) is 0. The molecule has 0 bridgehead atoms. The van der Waals surface area contributed by atoms with Gasteiger partial charge in [-0.05, 0) is 13.3 Å². The molecule has 0 spiro atoms. The second-order valence-corrected chi connectivity index (χ2v) is 5.83. The van der Waals surface area contributed by atoms with Gasteiger partial charge in [-0.25, -0.2) is 8.42 Å². The number of nitrogens with two attached hydrogens (primary N) is 1. The summed E-state index contributed by atoms with van der Waals surface area (Å²) in [6.07, 6.45) is 1.41. The van der Waals surface area contributed by atoms with Crippen molar-refractivity contribution in [2.45, 2.75) is 18.6 Å². The summed E-state index contributed by atoms with van der Waals surface area (Å²) in [5.74, 6) is -0.488. The molecule has 1 fully saturated rings. The third kappa shape index (κ3) is 1.76. The van der Waals surface area contributed by atoms with E-state index in [4.69, 9.17) is 10.5 Å². The van der Waals surface area contributed by atoms with Gasteiger partial charge in [-0.15, -0.1) is 0 Å². The summed E-state index contributed by atoms with van der Waals surface area (Å²) in [5.41, 5.74) is 4.45. The van der Waals surface area contributed by atoms with E-state index >= 15 is 0 Å². The SMILES string of the molecule is CCOC(=O)[C@]1(CN)C[C@H]1S(C)(=O)=O. The first kappa shape index (κ1) is 11.5. The van der Waals surface area contributed by atoms with Crippen molar-refractivity contribution >= 4 is 15.8 Å². The molecule has 0 heterocycles. The van der Waals surface area contributed by atoms with Crippen molar-refractivity contribution in [3.63, 3.8) is 0 Å². The highest BCUT2D eigenvalue weighted by Gasteiger charge is 2.65. The molecule has 0 aromatic rings. The normalized spacial score (nSPS) is 31.2. The van der Waals surface area contributed by atoms with E-state index in [1.807, 2.05) is 0 Å². The Kier molecular flexibility index (Phi) is 2.87. The highest BCUT2D eigenvalue weighted by atomic mass is 32.2. The van der Waals surface area contributed by atoms with Crippen LogP contribution >= 0.6 is 0 Å². The van der Waals surface area contributed by atoms with Gasteiger partial charge >= 0.3 is 5.97 Å². The Morgan fingerprint density at radius 2 is 2.21 bits per heavy atom. The molecule has 0 aliphatic heterocycles. The third-order valence-corrected chi connectivity index (χ3v) is 4.22. The van der Waals surface area contributed by atoms with Crippen molar-refractivity contribution in [2.75, 3.05) is 19.4 Å². The Balaban J connectivity index is 2.80. The monoisotopic (exact) mass is 221 g/mol. The number of rotatable bonds is 4. The molecule has 82 valence electrons. The third-order valence-electron chi connectivity index (χ3n) is 2.57. The average Bonchev–Trinajstić information content (AvgIpc) is 2.79. The largest absolute Gasteiger partial charge is 0.465 e. The maximum atomic E-state index is 11.4. The first-order chi connectivity index (χ1) is 6.38. The van der Waals surface area contributed by atoms with E-state index in [1.54, 1.807) is 6.92 Å². The average molecular weight is 221 g/mol. The molecule has 5 nitrogen and oxygen atoms in total. The van der Waals surface area contributed by atoms with Crippen LogP contribution in [0.25, 0.3) is 0 Å². The molecule has 1 aliphatic carbocycles. The van der Waals surface area contributed by atoms with Gasteiger partial charge in [-0.1, -0.05) is 0 Å². The Hall–Kier alpha value is -0.620. The number of esters is 1. The van der Waals surface area contributed by atoms with Crippen LogP contribution in [-0.2, 0) is 19.4 Å². The number of hydrogen-bond donors (Lipinski definition) is 1. The fraction of sp³-hybridized carbons (Fsp3) is 0.875. The predicted molar refractivity (Wildman–Crippen MR) is 51.4 cm³/mol. The number of carbonyl (C=O) groups is 1. The molecule has 2 atom stereocenters. The minimum Gasteiger partial charge on any atom is -0.465 e. The van der Waals surface area contributed by atoms with E-state index < -0.39 is 26.5 Å². The molecular weight excluding hydrogens is 206 g/mol. The van der Waals surface area contributed by atoms with Crippen molar-refractivity contribution in [1.82, 2.24) is 0 Å². The Morgan fingerprint density at radius 3 is 2.50 bits per heavy atom. The first-order valence-corrected chi connectivity index (χ1v) is 6.40. The quantitative estimate of drug-likeness (QED) is 0.635. The summed E-state index contributed by atoms with van der Waals surface area (Å²) < 4.78 is 27.2. The van der Waals surface area contributed by atoms with Crippen molar-refractivity contribution in [3.05, 3.63) is 0 Å². The van der Waals surface area contributed by atoms with Crippen molar-refractivity contribution in [3.8, 4) is 0 Å². The van der Waals surface area contributed by atoms with Crippen LogP contribution in [0.15, 0.2) is 0 Å². The number of hydrogen-bond acceptors (Lipinski definition) is 5. The van der Waals surface area contributed by atoms with Crippen LogP contribution in [0.5, 0.6) is 0 Å². The van der Waals surface area contributed by atoms with Gasteiger partial charge in [0.2, 0.25) is 0 Å². The predicted octanol–water partition coefficient (Wildman–Crippen LogP) is -0.688. The Bertz CT molecular complexity index is 337. The lowest BCUT2D eigenvalue weighted by Gasteiger charge is -2.12. The van der Waals surface area contributed by atoms with Gasteiger partial charge in [0, 0.05) is 12.8 Å². The molecule has 1 rings (SSSR count). The van der Waals surface area contributed by atoms with Crippen molar-refractivity contribution in [1.29, 1.82) is 0 Å². The highest BCUT2D eigenvalue weighted by molar-refractivity contribution is 7.91. The Morgan fingerprint density at radius 1 is 1.64 bits per heavy atom.